The minimum atomic E-state index is -1.19. The Labute approximate surface area is 118 Å². The van der Waals surface area contributed by atoms with E-state index in [2.05, 4.69) is 5.32 Å². The molecular weight excluding hydrogens is 256 g/mol. The summed E-state index contributed by atoms with van der Waals surface area (Å²) in [4.78, 5) is 37.5. The lowest BCUT2D eigenvalue weighted by molar-refractivity contribution is -0.136. The van der Waals surface area contributed by atoms with Crippen molar-refractivity contribution in [2.75, 3.05) is 18.0 Å². The van der Waals surface area contributed by atoms with Gasteiger partial charge in [0.1, 0.15) is 0 Å². The Bertz CT molecular complexity index is 513. The van der Waals surface area contributed by atoms with E-state index in [-0.39, 0.29) is 12.3 Å². The first-order chi connectivity index (χ1) is 9.65. The molecule has 20 heavy (non-hydrogen) atoms. The molecule has 0 spiro atoms. The monoisotopic (exact) mass is 274 g/mol. The third-order valence-electron chi connectivity index (χ3n) is 3.31. The highest BCUT2D eigenvalue weighted by molar-refractivity contribution is 6.28. The average Bonchev–Trinajstić information content (AvgIpc) is 2.75. The van der Waals surface area contributed by atoms with Crippen LogP contribution in [0.25, 0.3) is 0 Å². The number of Topliss-reactive ketones (excluding diaryl/α,β-unsaturated/α-hetero) is 1. The van der Waals surface area contributed by atoms with Crippen LogP contribution in [0.15, 0.2) is 30.3 Å². The lowest BCUT2D eigenvalue weighted by Gasteiger charge is -2.15. The van der Waals surface area contributed by atoms with Gasteiger partial charge >= 0.3 is 0 Å². The summed E-state index contributed by atoms with van der Waals surface area (Å²) in [7, 11) is 0. The van der Waals surface area contributed by atoms with Gasteiger partial charge < -0.3 is 10.2 Å². The number of amides is 2. The van der Waals surface area contributed by atoms with E-state index in [1.54, 1.807) is 24.3 Å². The van der Waals surface area contributed by atoms with Crippen LogP contribution in [-0.2, 0) is 14.4 Å². The van der Waals surface area contributed by atoms with E-state index >= 15 is 0 Å². The third kappa shape index (κ3) is 2.87. The number of rotatable bonds is 5. The smallest absolute Gasteiger partial charge is 0.247 e. The molecule has 1 N–H and O–H groups in total. The Morgan fingerprint density at radius 2 is 2.00 bits per heavy atom. The van der Waals surface area contributed by atoms with E-state index in [4.69, 9.17) is 0 Å². The predicted octanol–water partition coefficient (Wildman–Crippen LogP) is 1.13. The van der Waals surface area contributed by atoms with Crippen LogP contribution in [0.2, 0.25) is 0 Å². The lowest BCUT2D eigenvalue weighted by Crippen LogP contribution is -2.39. The molecule has 106 valence electrons. The number of ketones is 1. The van der Waals surface area contributed by atoms with E-state index in [9.17, 15) is 14.4 Å². The SMILES string of the molecule is CCCCNC(=O)[C@H]1C(=O)CN(c2ccccc2)C1=O. The lowest BCUT2D eigenvalue weighted by atomic mass is 10.1. The molecule has 0 aromatic heterocycles. The molecule has 0 aliphatic carbocycles. The van der Waals surface area contributed by atoms with Gasteiger partial charge in [-0.05, 0) is 18.6 Å². The Morgan fingerprint density at radius 3 is 2.65 bits per heavy atom. The summed E-state index contributed by atoms with van der Waals surface area (Å²) in [5.41, 5.74) is 0.648. The van der Waals surface area contributed by atoms with Crippen LogP contribution in [0.4, 0.5) is 5.69 Å². The van der Waals surface area contributed by atoms with Crippen molar-refractivity contribution in [3.63, 3.8) is 0 Å². The van der Waals surface area contributed by atoms with Crippen molar-refractivity contribution in [3.8, 4) is 0 Å². The van der Waals surface area contributed by atoms with E-state index in [1.165, 1.54) is 4.90 Å². The van der Waals surface area contributed by atoms with E-state index in [1.807, 2.05) is 13.0 Å². The normalized spacial score (nSPS) is 18.4. The maximum Gasteiger partial charge on any atom is 0.247 e. The van der Waals surface area contributed by atoms with Crippen LogP contribution in [-0.4, -0.2) is 30.7 Å². The molecular formula is C15H18N2O3. The van der Waals surface area contributed by atoms with Crippen molar-refractivity contribution in [1.82, 2.24) is 5.32 Å². The highest BCUT2D eigenvalue weighted by atomic mass is 16.2. The highest BCUT2D eigenvalue weighted by Crippen LogP contribution is 2.22. The molecule has 1 aromatic rings. The van der Waals surface area contributed by atoms with Crippen molar-refractivity contribution in [3.05, 3.63) is 30.3 Å². The summed E-state index contributed by atoms with van der Waals surface area (Å²) in [6.45, 7) is 2.47. The zero-order chi connectivity index (χ0) is 14.5. The molecule has 0 saturated carbocycles. The number of hydrogen-bond donors (Lipinski definition) is 1. The molecule has 0 radical (unpaired) electrons. The van der Waals surface area contributed by atoms with Crippen molar-refractivity contribution < 1.29 is 14.4 Å². The number of carbonyl (C=O) groups excluding carboxylic acids is 3. The van der Waals surface area contributed by atoms with Gasteiger partial charge in [0.25, 0.3) is 0 Å². The second-order valence-electron chi connectivity index (χ2n) is 4.80. The summed E-state index contributed by atoms with van der Waals surface area (Å²) >= 11 is 0. The van der Waals surface area contributed by atoms with Gasteiger partial charge in [-0.25, -0.2) is 0 Å². The number of unbranched alkanes of at least 4 members (excludes halogenated alkanes) is 1. The molecule has 1 saturated heterocycles. The third-order valence-corrected chi connectivity index (χ3v) is 3.31. The molecule has 0 bridgehead atoms. The number of benzene rings is 1. The summed E-state index contributed by atoms with van der Waals surface area (Å²) in [5, 5.41) is 2.65. The predicted molar refractivity (Wildman–Crippen MR) is 75.2 cm³/mol. The highest BCUT2D eigenvalue weighted by Gasteiger charge is 2.44. The van der Waals surface area contributed by atoms with E-state index < -0.39 is 17.7 Å². The fourth-order valence-electron chi connectivity index (χ4n) is 2.19. The van der Waals surface area contributed by atoms with Crippen molar-refractivity contribution in [2.45, 2.75) is 19.8 Å². The quantitative estimate of drug-likeness (QED) is 0.646. The van der Waals surface area contributed by atoms with Crippen LogP contribution >= 0.6 is 0 Å². The summed E-state index contributed by atoms with van der Waals surface area (Å²) < 4.78 is 0. The minimum Gasteiger partial charge on any atom is -0.355 e. The molecule has 2 amide bonds. The molecule has 2 rings (SSSR count). The number of carbonyl (C=O) groups is 3. The zero-order valence-corrected chi connectivity index (χ0v) is 11.5. The zero-order valence-electron chi connectivity index (χ0n) is 11.5. The van der Waals surface area contributed by atoms with Gasteiger partial charge in [0, 0.05) is 12.2 Å². The second-order valence-corrected chi connectivity index (χ2v) is 4.80. The summed E-state index contributed by atoms with van der Waals surface area (Å²) in [6.07, 6.45) is 1.78. The van der Waals surface area contributed by atoms with Crippen molar-refractivity contribution in [1.29, 1.82) is 0 Å². The first kappa shape index (κ1) is 14.2. The molecule has 1 aliphatic rings. The molecule has 5 heteroatoms. The van der Waals surface area contributed by atoms with Crippen LogP contribution in [0.3, 0.4) is 0 Å². The molecule has 5 nitrogen and oxygen atoms in total. The largest absolute Gasteiger partial charge is 0.355 e. The van der Waals surface area contributed by atoms with Gasteiger partial charge in [-0.3, -0.25) is 14.4 Å². The topological polar surface area (TPSA) is 66.5 Å². The van der Waals surface area contributed by atoms with Crippen molar-refractivity contribution >= 4 is 23.3 Å². The average molecular weight is 274 g/mol. The Morgan fingerprint density at radius 1 is 1.30 bits per heavy atom. The van der Waals surface area contributed by atoms with E-state index in [0.29, 0.717) is 12.2 Å². The maximum atomic E-state index is 12.2. The molecule has 0 unspecified atom stereocenters. The molecule has 1 aromatic carbocycles. The Kier molecular flexibility index (Phi) is 4.50. The minimum absolute atomic E-state index is 0.0330. The second kappa shape index (κ2) is 6.32. The van der Waals surface area contributed by atoms with Crippen LogP contribution in [0.1, 0.15) is 19.8 Å². The van der Waals surface area contributed by atoms with Gasteiger partial charge in [-0.2, -0.15) is 0 Å². The fourth-order valence-corrected chi connectivity index (χ4v) is 2.19. The number of nitrogens with zero attached hydrogens (tertiary/aromatic N) is 1. The first-order valence-electron chi connectivity index (χ1n) is 6.82. The van der Waals surface area contributed by atoms with Crippen LogP contribution in [0.5, 0.6) is 0 Å². The Balaban J connectivity index is 2.07. The molecule has 1 atom stereocenters. The maximum absolute atomic E-state index is 12.2. The van der Waals surface area contributed by atoms with Crippen LogP contribution < -0.4 is 10.2 Å². The fraction of sp³-hybridized carbons (Fsp3) is 0.400. The summed E-state index contributed by atoms with van der Waals surface area (Å²) in [5.74, 6) is -2.44. The standard InChI is InChI=1S/C15H18N2O3/c1-2-3-9-16-14(19)13-12(18)10-17(15(13)20)11-7-5-4-6-8-11/h4-8,13H,2-3,9-10H2,1H3,(H,16,19)/t13-/m1/s1. The van der Waals surface area contributed by atoms with E-state index in [0.717, 1.165) is 12.8 Å². The van der Waals surface area contributed by atoms with Crippen LogP contribution in [0, 0.1) is 5.92 Å². The number of hydrogen-bond acceptors (Lipinski definition) is 3. The van der Waals surface area contributed by atoms with Gasteiger partial charge in [0.15, 0.2) is 11.7 Å². The van der Waals surface area contributed by atoms with Gasteiger partial charge in [-0.1, -0.05) is 31.5 Å². The molecule has 1 heterocycles. The van der Waals surface area contributed by atoms with Gasteiger partial charge in [0.2, 0.25) is 11.8 Å². The van der Waals surface area contributed by atoms with Gasteiger partial charge in [-0.15, -0.1) is 0 Å². The number of nitrogens with one attached hydrogen (secondary N) is 1. The first-order valence-corrected chi connectivity index (χ1v) is 6.82. The van der Waals surface area contributed by atoms with Crippen molar-refractivity contribution in [2.24, 2.45) is 5.92 Å². The number of anilines is 1. The van der Waals surface area contributed by atoms with Gasteiger partial charge in [0.05, 0.1) is 6.54 Å². The Hall–Kier alpha value is -2.17. The number of para-hydroxylation sites is 1. The molecule has 1 aliphatic heterocycles. The summed E-state index contributed by atoms with van der Waals surface area (Å²) in [6, 6.07) is 8.93. The molecule has 1 fully saturated rings.